The van der Waals surface area contributed by atoms with Crippen molar-refractivity contribution in [1.29, 1.82) is 0 Å². The molecule has 0 N–H and O–H groups in total. The van der Waals surface area contributed by atoms with E-state index in [4.69, 9.17) is 4.52 Å². The largest absolute Gasteiger partial charge is 0.351 e. The van der Waals surface area contributed by atoms with E-state index in [9.17, 15) is 4.79 Å². The topological polar surface area (TPSA) is 46.3 Å². The van der Waals surface area contributed by atoms with Gasteiger partial charge in [-0.05, 0) is 13.8 Å². The molecule has 0 aliphatic heterocycles. The lowest BCUT2D eigenvalue weighted by molar-refractivity contribution is 0.0733. The molecule has 0 aromatic carbocycles. The molecule has 0 aliphatic rings. The predicted octanol–water partition coefficient (Wildman–Crippen LogP) is 1.84. The van der Waals surface area contributed by atoms with E-state index >= 15 is 0 Å². The van der Waals surface area contributed by atoms with Crippen LogP contribution >= 0.6 is 15.9 Å². The highest BCUT2D eigenvalue weighted by atomic mass is 79.9. The molecule has 0 bridgehead atoms. The second-order valence-electron chi connectivity index (χ2n) is 2.91. The minimum Gasteiger partial charge on any atom is -0.351 e. The van der Waals surface area contributed by atoms with Gasteiger partial charge in [0.2, 0.25) is 5.76 Å². The van der Waals surface area contributed by atoms with Crippen molar-refractivity contribution in [2.45, 2.75) is 13.8 Å². The molecule has 0 spiro atoms. The number of amides is 1. The van der Waals surface area contributed by atoms with Crippen LogP contribution in [0, 0.1) is 6.92 Å². The van der Waals surface area contributed by atoms with Crippen LogP contribution in [0.25, 0.3) is 0 Å². The third-order valence-electron chi connectivity index (χ3n) is 1.86. The summed E-state index contributed by atoms with van der Waals surface area (Å²) in [5.41, 5.74) is 0.725. The molecule has 1 heterocycles. The number of aryl methyl sites for hydroxylation is 1. The number of halogens is 1. The zero-order valence-electron chi connectivity index (χ0n) is 8.29. The molecule has 14 heavy (non-hydrogen) atoms. The third kappa shape index (κ3) is 2.57. The van der Waals surface area contributed by atoms with Crippen LogP contribution in [0.5, 0.6) is 0 Å². The second kappa shape index (κ2) is 5.14. The number of nitrogens with zero attached hydrogens (tertiary/aromatic N) is 2. The average Bonchev–Trinajstić information content (AvgIpc) is 2.60. The SMILES string of the molecule is CCN(CCBr)C(=O)c1cc(C)no1. The number of carbonyl (C=O) groups excluding carboxylic acids is 1. The van der Waals surface area contributed by atoms with E-state index in [-0.39, 0.29) is 5.91 Å². The van der Waals surface area contributed by atoms with E-state index in [0.717, 1.165) is 11.0 Å². The van der Waals surface area contributed by atoms with Gasteiger partial charge in [0.05, 0.1) is 5.69 Å². The number of hydrogen-bond acceptors (Lipinski definition) is 3. The second-order valence-corrected chi connectivity index (χ2v) is 3.70. The summed E-state index contributed by atoms with van der Waals surface area (Å²) in [5.74, 6) is 0.206. The molecule has 5 heteroatoms. The Morgan fingerprint density at radius 2 is 2.43 bits per heavy atom. The Bertz CT molecular complexity index is 312. The first-order valence-corrected chi connectivity index (χ1v) is 5.59. The number of carbonyl (C=O) groups is 1. The summed E-state index contributed by atoms with van der Waals surface area (Å²) < 4.78 is 4.90. The van der Waals surface area contributed by atoms with Gasteiger partial charge in [0.25, 0.3) is 5.91 Å². The Balaban J connectivity index is 2.72. The van der Waals surface area contributed by atoms with Gasteiger partial charge in [-0.15, -0.1) is 0 Å². The maximum Gasteiger partial charge on any atom is 0.292 e. The molecule has 0 aliphatic carbocycles. The van der Waals surface area contributed by atoms with Crippen LogP contribution < -0.4 is 0 Å². The lowest BCUT2D eigenvalue weighted by Gasteiger charge is -2.17. The Kier molecular flexibility index (Phi) is 4.13. The van der Waals surface area contributed by atoms with Crippen LogP contribution in [0.15, 0.2) is 10.6 Å². The Hall–Kier alpha value is -0.840. The zero-order valence-corrected chi connectivity index (χ0v) is 9.87. The van der Waals surface area contributed by atoms with Gasteiger partial charge < -0.3 is 9.42 Å². The summed E-state index contributed by atoms with van der Waals surface area (Å²) in [4.78, 5) is 13.5. The first-order valence-electron chi connectivity index (χ1n) is 4.47. The molecule has 0 saturated carbocycles. The van der Waals surface area contributed by atoms with E-state index < -0.39 is 0 Å². The molecule has 1 aromatic heterocycles. The molecule has 78 valence electrons. The zero-order chi connectivity index (χ0) is 10.6. The number of alkyl halides is 1. The van der Waals surface area contributed by atoms with Gasteiger partial charge in [-0.1, -0.05) is 21.1 Å². The molecule has 1 aromatic rings. The minimum absolute atomic E-state index is 0.104. The van der Waals surface area contributed by atoms with Crippen molar-refractivity contribution in [3.05, 3.63) is 17.5 Å². The monoisotopic (exact) mass is 260 g/mol. The minimum atomic E-state index is -0.104. The highest BCUT2D eigenvalue weighted by Crippen LogP contribution is 2.06. The first-order chi connectivity index (χ1) is 6.69. The van der Waals surface area contributed by atoms with Gasteiger partial charge >= 0.3 is 0 Å². The standard InChI is InChI=1S/C9H13BrN2O2/c1-3-12(5-4-10)9(13)8-6-7(2)11-14-8/h6H,3-5H2,1-2H3. The fraction of sp³-hybridized carbons (Fsp3) is 0.556. The van der Waals surface area contributed by atoms with Crippen LogP contribution in [-0.4, -0.2) is 34.4 Å². The van der Waals surface area contributed by atoms with Crippen molar-refractivity contribution in [3.8, 4) is 0 Å². The summed E-state index contributed by atoms with van der Waals surface area (Å²) in [5, 5.41) is 4.44. The summed E-state index contributed by atoms with van der Waals surface area (Å²) in [6.45, 7) is 5.07. The average molecular weight is 261 g/mol. The molecular weight excluding hydrogens is 248 g/mol. The van der Waals surface area contributed by atoms with E-state index in [1.54, 1.807) is 17.9 Å². The molecular formula is C9H13BrN2O2. The molecule has 4 nitrogen and oxygen atoms in total. The van der Waals surface area contributed by atoms with Gasteiger partial charge in [-0.2, -0.15) is 0 Å². The van der Waals surface area contributed by atoms with Gasteiger partial charge in [0.15, 0.2) is 0 Å². The molecule has 0 radical (unpaired) electrons. The van der Waals surface area contributed by atoms with Crippen molar-refractivity contribution in [1.82, 2.24) is 10.1 Å². The van der Waals surface area contributed by atoms with Crippen molar-refractivity contribution in [3.63, 3.8) is 0 Å². The molecule has 0 unspecified atom stereocenters. The van der Waals surface area contributed by atoms with Crippen LogP contribution in [0.2, 0.25) is 0 Å². The maximum atomic E-state index is 11.8. The smallest absolute Gasteiger partial charge is 0.292 e. The summed E-state index contributed by atoms with van der Waals surface area (Å²) in [7, 11) is 0. The number of rotatable bonds is 4. The summed E-state index contributed by atoms with van der Waals surface area (Å²) in [6.07, 6.45) is 0. The van der Waals surface area contributed by atoms with Gasteiger partial charge in [0.1, 0.15) is 0 Å². The molecule has 1 rings (SSSR count). The Morgan fingerprint density at radius 1 is 1.71 bits per heavy atom. The molecule has 1 amide bonds. The molecule has 0 atom stereocenters. The summed E-state index contributed by atoms with van der Waals surface area (Å²) >= 11 is 3.30. The number of aromatic nitrogens is 1. The van der Waals surface area contributed by atoms with Crippen molar-refractivity contribution >= 4 is 21.8 Å². The Morgan fingerprint density at radius 3 is 2.86 bits per heavy atom. The van der Waals surface area contributed by atoms with Gasteiger partial charge in [0, 0.05) is 24.5 Å². The van der Waals surface area contributed by atoms with Crippen LogP contribution in [0.3, 0.4) is 0 Å². The van der Waals surface area contributed by atoms with Gasteiger partial charge in [-0.3, -0.25) is 4.79 Å². The maximum absolute atomic E-state index is 11.8. The van der Waals surface area contributed by atoms with Crippen molar-refractivity contribution in [2.75, 3.05) is 18.4 Å². The molecule has 0 saturated heterocycles. The Labute approximate surface area is 91.4 Å². The van der Waals surface area contributed by atoms with E-state index in [1.807, 2.05) is 6.92 Å². The van der Waals surface area contributed by atoms with Crippen LogP contribution in [0.4, 0.5) is 0 Å². The quantitative estimate of drug-likeness (QED) is 0.777. The summed E-state index contributed by atoms with van der Waals surface area (Å²) in [6, 6.07) is 1.65. The normalized spacial score (nSPS) is 10.2. The van der Waals surface area contributed by atoms with Gasteiger partial charge in [-0.25, -0.2) is 0 Å². The number of hydrogen-bond donors (Lipinski definition) is 0. The highest BCUT2D eigenvalue weighted by molar-refractivity contribution is 9.09. The first kappa shape index (κ1) is 11.2. The highest BCUT2D eigenvalue weighted by Gasteiger charge is 2.17. The third-order valence-corrected chi connectivity index (χ3v) is 2.22. The lowest BCUT2D eigenvalue weighted by atomic mass is 10.3. The van der Waals surface area contributed by atoms with E-state index in [1.165, 1.54) is 0 Å². The van der Waals surface area contributed by atoms with E-state index in [0.29, 0.717) is 18.8 Å². The predicted molar refractivity (Wildman–Crippen MR) is 56.6 cm³/mol. The van der Waals surface area contributed by atoms with E-state index in [2.05, 4.69) is 21.1 Å². The fourth-order valence-electron chi connectivity index (χ4n) is 1.13. The molecule has 0 fully saturated rings. The van der Waals surface area contributed by atoms with Crippen molar-refractivity contribution in [2.24, 2.45) is 0 Å². The van der Waals surface area contributed by atoms with Crippen LogP contribution in [-0.2, 0) is 0 Å². The fourth-order valence-corrected chi connectivity index (χ4v) is 1.55. The van der Waals surface area contributed by atoms with Crippen molar-refractivity contribution < 1.29 is 9.32 Å². The van der Waals surface area contributed by atoms with Crippen LogP contribution in [0.1, 0.15) is 23.2 Å². The lowest BCUT2D eigenvalue weighted by Crippen LogP contribution is -2.32.